The minimum Gasteiger partial charge on any atom is -0.394 e. The van der Waals surface area contributed by atoms with Gasteiger partial charge in [0.05, 0.1) is 58.5 Å². The van der Waals surface area contributed by atoms with Gasteiger partial charge in [-0.25, -0.2) is 0 Å². The average Bonchev–Trinajstić information content (AvgIpc) is 3.24. The monoisotopic (exact) mass is 875 g/mol. The highest BCUT2D eigenvalue weighted by Gasteiger charge is 2.43. The molecule has 18 heteroatoms. The molecule has 9 N–H and O–H groups in total. The van der Waals surface area contributed by atoms with Gasteiger partial charge in [0.25, 0.3) is 0 Å². The Bertz CT molecular complexity index is 989. The minimum absolute atomic E-state index is 0.0172. The van der Waals surface area contributed by atoms with Crippen molar-refractivity contribution in [1.29, 1.82) is 0 Å². The number of unbranched alkanes of at least 4 members (excludes halogenated alkanes) is 6. The lowest BCUT2D eigenvalue weighted by Gasteiger charge is -2.40. The number of rotatable bonds is 35. The predicted octanol–water partition coefficient (Wildman–Crippen LogP) is 0.466. The Morgan fingerprint density at radius 2 is 0.950 bits per heavy atom. The van der Waals surface area contributed by atoms with Crippen LogP contribution in [-0.4, -0.2) is 200 Å². The van der Waals surface area contributed by atoms with E-state index in [9.17, 15) is 46.0 Å². The second-order valence-electron chi connectivity index (χ2n) is 17.1. The van der Waals surface area contributed by atoms with Gasteiger partial charge in [0.2, 0.25) is 0 Å². The fraction of sp³-hybridized carbons (Fsp3) is 1.00. The number of ether oxygens (including phenoxy) is 9. The summed E-state index contributed by atoms with van der Waals surface area (Å²) < 4.78 is 52.9. The van der Waals surface area contributed by atoms with Crippen molar-refractivity contribution in [2.24, 2.45) is 23.2 Å². The summed E-state index contributed by atoms with van der Waals surface area (Å²) in [4.78, 5) is 0. The van der Waals surface area contributed by atoms with Crippen LogP contribution in [0.3, 0.4) is 0 Å². The molecule has 0 saturated carbocycles. The average molecular weight is 875 g/mol. The number of hydrogen-bond acceptors (Lipinski definition) is 18. The van der Waals surface area contributed by atoms with Gasteiger partial charge in [-0.2, -0.15) is 0 Å². The maximum atomic E-state index is 10.3. The lowest BCUT2D eigenvalue weighted by molar-refractivity contribution is -0.282. The Kier molecular flexibility index (Phi) is 28.8. The molecule has 0 radical (unpaired) electrons. The molecule has 2 fully saturated rings. The minimum atomic E-state index is -1.19. The molecule has 0 spiro atoms. The van der Waals surface area contributed by atoms with Gasteiger partial charge in [-0.05, 0) is 57.8 Å². The third-order valence-electron chi connectivity index (χ3n) is 11.0. The Balaban J connectivity index is 1.73. The first-order valence-electron chi connectivity index (χ1n) is 22.1. The summed E-state index contributed by atoms with van der Waals surface area (Å²) >= 11 is 0. The molecule has 18 nitrogen and oxygen atoms in total. The van der Waals surface area contributed by atoms with Crippen LogP contribution in [0.2, 0.25) is 0 Å². The van der Waals surface area contributed by atoms with E-state index >= 15 is 0 Å². The van der Waals surface area contributed by atoms with Gasteiger partial charge in [0, 0.05) is 62.8 Å². The van der Waals surface area contributed by atoms with Crippen LogP contribution in [0.25, 0.3) is 0 Å². The SMILES string of the molecule is CC(C)[C@H](OCCCCCOCC(C)(COCCCCCO[C@@H]1OC(CO)[C@H](O)[C@H](O)C1C)COCCCCCO[C@@H]1OC(CO)[C@H](O)C(O)[C@@H]1C)OC(CO)[C@H](O)CO. The van der Waals surface area contributed by atoms with Crippen LogP contribution in [0.5, 0.6) is 0 Å². The molecule has 2 rings (SSSR count). The van der Waals surface area contributed by atoms with E-state index in [4.69, 9.17) is 42.6 Å². The molecular weight excluding hydrogens is 792 g/mol. The lowest BCUT2D eigenvalue weighted by Crippen LogP contribution is -2.55. The first-order valence-corrected chi connectivity index (χ1v) is 22.1. The van der Waals surface area contributed by atoms with Gasteiger partial charge in [0.1, 0.15) is 36.6 Å². The van der Waals surface area contributed by atoms with Crippen LogP contribution in [-0.2, 0) is 42.6 Å². The first-order chi connectivity index (χ1) is 28.7. The van der Waals surface area contributed by atoms with Gasteiger partial charge in [-0.1, -0.05) is 34.6 Å². The molecule has 0 amide bonds. The van der Waals surface area contributed by atoms with Crippen molar-refractivity contribution in [2.75, 3.05) is 85.9 Å². The van der Waals surface area contributed by atoms with Crippen molar-refractivity contribution in [2.45, 2.75) is 160 Å². The summed E-state index contributed by atoms with van der Waals surface area (Å²) in [6.07, 6.45) is -3.07. The van der Waals surface area contributed by atoms with Gasteiger partial charge in [-0.3, -0.25) is 0 Å². The van der Waals surface area contributed by atoms with E-state index in [-0.39, 0.29) is 5.92 Å². The van der Waals surface area contributed by atoms with E-state index in [1.807, 2.05) is 13.8 Å². The quantitative estimate of drug-likeness (QED) is 0.0310. The van der Waals surface area contributed by atoms with Crippen molar-refractivity contribution < 1.29 is 88.6 Å². The smallest absolute Gasteiger partial charge is 0.163 e. The Morgan fingerprint density at radius 3 is 1.32 bits per heavy atom. The molecule has 2 aliphatic heterocycles. The Morgan fingerprint density at radius 1 is 0.550 bits per heavy atom. The summed E-state index contributed by atoms with van der Waals surface area (Å²) in [6.45, 7) is 11.8. The Hall–Kier alpha value is -0.720. The van der Waals surface area contributed by atoms with Gasteiger partial charge in [-0.15, -0.1) is 0 Å². The second kappa shape index (κ2) is 31.2. The molecule has 0 aliphatic carbocycles. The van der Waals surface area contributed by atoms with Crippen LogP contribution in [0.1, 0.15) is 92.4 Å². The molecule has 0 aromatic carbocycles. The Labute approximate surface area is 357 Å². The van der Waals surface area contributed by atoms with Crippen molar-refractivity contribution in [1.82, 2.24) is 0 Å². The van der Waals surface area contributed by atoms with Gasteiger partial charge >= 0.3 is 0 Å². The summed E-state index contributed by atoms with van der Waals surface area (Å²) in [5.41, 5.74) is -0.397. The molecule has 358 valence electrons. The van der Waals surface area contributed by atoms with Crippen LogP contribution < -0.4 is 0 Å². The van der Waals surface area contributed by atoms with Crippen LogP contribution in [0, 0.1) is 23.2 Å². The van der Waals surface area contributed by atoms with Gasteiger partial charge < -0.3 is 88.6 Å². The predicted molar refractivity (Wildman–Crippen MR) is 217 cm³/mol. The van der Waals surface area contributed by atoms with Crippen molar-refractivity contribution in [3.8, 4) is 0 Å². The molecule has 2 heterocycles. The number of hydrogen-bond donors (Lipinski definition) is 9. The topological polar surface area (TPSA) is 265 Å². The third kappa shape index (κ3) is 20.0. The summed E-state index contributed by atoms with van der Waals surface area (Å²) in [6, 6.07) is 0. The molecule has 60 heavy (non-hydrogen) atoms. The zero-order valence-corrected chi connectivity index (χ0v) is 36.8. The summed E-state index contributed by atoms with van der Waals surface area (Å²) in [5, 5.41) is 88.1. The maximum Gasteiger partial charge on any atom is 0.163 e. The van der Waals surface area contributed by atoms with E-state index in [1.165, 1.54) is 0 Å². The second-order valence-corrected chi connectivity index (χ2v) is 17.1. The van der Waals surface area contributed by atoms with Crippen molar-refractivity contribution >= 4 is 0 Å². The molecule has 6 unspecified atom stereocenters. The third-order valence-corrected chi connectivity index (χ3v) is 11.0. The van der Waals surface area contributed by atoms with Gasteiger partial charge in [0.15, 0.2) is 18.9 Å². The molecule has 0 bridgehead atoms. The van der Waals surface area contributed by atoms with E-state index in [0.717, 1.165) is 57.8 Å². The number of aliphatic hydroxyl groups excluding tert-OH is 9. The highest BCUT2D eigenvalue weighted by atomic mass is 16.7. The van der Waals surface area contributed by atoms with E-state index in [2.05, 4.69) is 6.92 Å². The highest BCUT2D eigenvalue weighted by Crippen LogP contribution is 2.28. The number of aliphatic hydroxyl groups is 9. The summed E-state index contributed by atoms with van der Waals surface area (Å²) in [7, 11) is 0. The maximum absolute atomic E-state index is 10.3. The lowest BCUT2D eigenvalue weighted by atomic mass is 9.92. The molecule has 0 aromatic rings. The largest absolute Gasteiger partial charge is 0.394 e. The van der Waals surface area contributed by atoms with E-state index < -0.39 is 111 Å². The standard InChI is InChI=1S/C42H82O18/c1-28(2)39(58-32(22-44)31(47)21-43)55-18-12-6-9-15-52-25-42(5,26-53-16-10-7-13-19-56-40-29(3)35(48)37(50)33(23-45)59-40)27-54-17-11-8-14-20-57-41-30(4)36(49)38(51)34(24-46)60-41/h28-41,43-51H,6-27H2,1-5H3/t29-,30?,31+,32?,33?,34?,35?,36+,37-,38-,39+,40+,41+,42?/m0/s1. The molecule has 2 aliphatic rings. The van der Waals surface area contributed by atoms with E-state index in [0.29, 0.717) is 59.5 Å². The van der Waals surface area contributed by atoms with Crippen LogP contribution >= 0.6 is 0 Å². The highest BCUT2D eigenvalue weighted by molar-refractivity contribution is 4.88. The fourth-order valence-corrected chi connectivity index (χ4v) is 6.88. The zero-order chi connectivity index (χ0) is 44.5. The van der Waals surface area contributed by atoms with Crippen molar-refractivity contribution in [3.63, 3.8) is 0 Å². The van der Waals surface area contributed by atoms with Crippen LogP contribution in [0.15, 0.2) is 0 Å². The zero-order valence-electron chi connectivity index (χ0n) is 36.8. The summed E-state index contributed by atoms with van der Waals surface area (Å²) in [5.74, 6) is -0.880. The van der Waals surface area contributed by atoms with Crippen molar-refractivity contribution in [3.05, 3.63) is 0 Å². The fourth-order valence-electron chi connectivity index (χ4n) is 6.88. The molecular formula is C42H82O18. The van der Waals surface area contributed by atoms with E-state index in [1.54, 1.807) is 13.8 Å². The van der Waals surface area contributed by atoms with Crippen LogP contribution in [0.4, 0.5) is 0 Å². The normalized spacial score (nSPS) is 30.1. The molecule has 14 atom stereocenters. The first kappa shape index (κ1) is 55.4. The molecule has 2 saturated heterocycles. The molecule has 0 aromatic heterocycles.